The Morgan fingerprint density at radius 1 is 0.514 bits per heavy atom. The van der Waals surface area contributed by atoms with Crippen molar-refractivity contribution in [3.8, 4) is 0 Å². The van der Waals surface area contributed by atoms with E-state index in [2.05, 4.69) is 0 Å². The summed E-state index contributed by atoms with van der Waals surface area (Å²) in [6.45, 7) is 18.0. The van der Waals surface area contributed by atoms with Gasteiger partial charge in [-0.25, -0.2) is 4.79 Å². The van der Waals surface area contributed by atoms with Crippen LogP contribution in [0, 0.1) is 17.8 Å². The molecule has 0 aromatic heterocycles. The second kappa shape index (κ2) is 18.6. The van der Waals surface area contributed by atoms with E-state index in [-0.39, 0.29) is 30.0 Å². The van der Waals surface area contributed by atoms with E-state index in [1.807, 2.05) is 62.3 Å². The molecule has 0 spiro atoms. The molecule has 1 N–H and O–H groups in total. The molecule has 0 aliphatic heterocycles. The highest BCUT2D eigenvalue weighted by Crippen LogP contribution is 2.28. The molecule has 0 radical (unpaired) electrons. The van der Waals surface area contributed by atoms with Crippen LogP contribution in [0.15, 0.2) is 0 Å². The lowest BCUT2D eigenvalue weighted by Crippen LogP contribution is -2.47. The van der Waals surface area contributed by atoms with Gasteiger partial charge in [-0.2, -0.15) is 0 Å². The second-order valence-electron chi connectivity index (χ2n) is 10.3. The summed E-state index contributed by atoms with van der Waals surface area (Å²) in [5.41, 5.74) is -2.36. The zero-order valence-electron chi connectivity index (χ0n) is 25.1. The maximum atomic E-state index is 13.4. The third-order valence-corrected chi connectivity index (χ3v) is 8.01. The summed E-state index contributed by atoms with van der Waals surface area (Å²) in [5.74, 6) is -1.91. The van der Waals surface area contributed by atoms with Crippen molar-refractivity contribution in [3.05, 3.63) is 0 Å². The maximum absolute atomic E-state index is 13.4. The molecule has 7 nitrogen and oxygen atoms in total. The first-order valence-corrected chi connectivity index (χ1v) is 14.9. The van der Waals surface area contributed by atoms with Gasteiger partial charge >= 0.3 is 17.9 Å². The molecule has 0 fully saturated rings. The van der Waals surface area contributed by atoms with Gasteiger partial charge in [0.1, 0.15) is 18.3 Å². The van der Waals surface area contributed by atoms with E-state index >= 15 is 0 Å². The van der Waals surface area contributed by atoms with Crippen molar-refractivity contribution in [2.75, 3.05) is 0 Å². The van der Waals surface area contributed by atoms with E-state index in [0.717, 1.165) is 38.5 Å². The van der Waals surface area contributed by atoms with Gasteiger partial charge in [0.25, 0.3) is 0 Å². The zero-order chi connectivity index (χ0) is 28.6. The Balaban J connectivity index is 5.92. The Kier molecular flexibility index (Phi) is 17.8. The van der Waals surface area contributed by atoms with Gasteiger partial charge in [0, 0.05) is 0 Å². The van der Waals surface area contributed by atoms with Gasteiger partial charge < -0.3 is 19.3 Å². The number of carbonyl (C=O) groups excluding carboxylic acids is 3. The summed E-state index contributed by atoms with van der Waals surface area (Å²) in [7, 11) is 0. The van der Waals surface area contributed by atoms with Crippen LogP contribution in [0.25, 0.3) is 0 Å². The fourth-order valence-electron chi connectivity index (χ4n) is 5.33. The Hall–Kier alpha value is -1.63. The van der Waals surface area contributed by atoms with Crippen LogP contribution < -0.4 is 0 Å². The van der Waals surface area contributed by atoms with Crippen molar-refractivity contribution in [2.24, 2.45) is 17.8 Å². The molecule has 0 rings (SSSR count). The number of hydrogen-bond acceptors (Lipinski definition) is 7. The highest BCUT2D eigenvalue weighted by atomic mass is 16.6. The molecular weight excluding hydrogens is 472 g/mol. The van der Waals surface area contributed by atoms with Crippen LogP contribution in [0.3, 0.4) is 0 Å². The third-order valence-electron chi connectivity index (χ3n) is 8.01. The van der Waals surface area contributed by atoms with Gasteiger partial charge in [0.2, 0.25) is 0 Å². The van der Waals surface area contributed by atoms with Crippen molar-refractivity contribution in [1.82, 2.24) is 0 Å². The van der Waals surface area contributed by atoms with E-state index in [4.69, 9.17) is 14.2 Å². The lowest BCUT2D eigenvalue weighted by Gasteiger charge is -2.32. The summed E-state index contributed by atoms with van der Waals surface area (Å²) in [4.78, 5) is 39.3. The maximum Gasteiger partial charge on any atom is 0.339 e. The van der Waals surface area contributed by atoms with Crippen LogP contribution in [0.4, 0.5) is 0 Å². The summed E-state index contributed by atoms with van der Waals surface area (Å²) >= 11 is 0. The smallest absolute Gasteiger partial charge is 0.339 e. The molecule has 0 aromatic carbocycles. The van der Waals surface area contributed by atoms with E-state index in [0.29, 0.717) is 19.3 Å². The van der Waals surface area contributed by atoms with Crippen molar-refractivity contribution in [2.45, 2.75) is 157 Å². The SMILES string of the molecule is CCC(CC)C(CC)OC(=O)CC(O)(CC(=O)OC(CC)C(CC)CC)C(=O)OC(CC)C(CC)CC. The average molecular weight is 529 g/mol. The Bertz CT molecular complexity index is 614. The molecule has 218 valence electrons. The van der Waals surface area contributed by atoms with Crippen LogP contribution >= 0.6 is 0 Å². The van der Waals surface area contributed by atoms with Crippen LogP contribution in [0.2, 0.25) is 0 Å². The quantitative estimate of drug-likeness (QED) is 0.137. The first-order chi connectivity index (χ1) is 17.5. The summed E-state index contributed by atoms with van der Waals surface area (Å²) < 4.78 is 17.2. The minimum atomic E-state index is -2.36. The number of ether oxygens (including phenoxy) is 3. The molecule has 0 saturated carbocycles. The predicted molar refractivity (Wildman–Crippen MR) is 147 cm³/mol. The number of aliphatic hydroxyl groups is 1. The number of hydrogen-bond donors (Lipinski definition) is 1. The largest absolute Gasteiger partial charge is 0.462 e. The van der Waals surface area contributed by atoms with Crippen molar-refractivity contribution < 1.29 is 33.7 Å². The van der Waals surface area contributed by atoms with Crippen LogP contribution in [0.5, 0.6) is 0 Å². The van der Waals surface area contributed by atoms with Gasteiger partial charge in [-0.05, 0) is 75.5 Å². The summed E-state index contributed by atoms with van der Waals surface area (Å²) in [6.07, 6.45) is 4.49. The van der Waals surface area contributed by atoms with Gasteiger partial charge in [-0.3, -0.25) is 9.59 Å². The highest BCUT2D eigenvalue weighted by molar-refractivity contribution is 5.90. The molecule has 7 heteroatoms. The number of carbonyl (C=O) groups is 3. The summed E-state index contributed by atoms with van der Waals surface area (Å²) in [5, 5.41) is 11.5. The van der Waals surface area contributed by atoms with Crippen LogP contribution in [-0.2, 0) is 28.6 Å². The molecule has 0 heterocycles. The summed E-state index contributed by atoms with van der Waals surface area (Å²) in [6, 6.07) is 0. The van der Waals surface area contributed by atoms with E-state index in [9.17, 15) is 19.5 Å². The average Bonchev–Trinajstić information content (AvgIpc) is 2.88. The topological polar surface area (TPSA) is 99.1 Å². The van der Waals surface area contributed by atoms with Gasteiger partial charge in [0.15, 0.2) is 5.60 Å². The predicted octanol–water partition coefficient (Wildman–Crippen LogP) is 6.77. The normalized spacial score (nSPS) is 15.8. The molecule has 3 atom stereocenters. The molecule has 3 unspecified atom stereocenters. The standard InChI is InChI=1S/C30H56O7/c1-10-21(11-2)24(16-7)35-27(31)19-30(34,29(33)37-26(18-9)23(14-5)15-6)20-28(32)36-25(17-8)22(12-3)13-4/h21-26,34H,10-20H2,1-9H3. The van der Waals surface area contributed by atoms with Crippen LogP contribution in [-0.4, -0.2) is 46.9 Å². The van der Waals surface area contributed by atoms with Crippen molar-refractivity contribution >= 4 is 17.9 Å². The van der Waals surface area contributed by atoms with E-state index in [1.165, 1.54) is 0 Å². The Morgan fingerprint density at radius 3 is 1.03 bits per heavy atom. The Labute approximate surface area is 226 Å². The minimum absolute atomic E-state index is 0.121. The first-order valence-electron chi connectivity index (χ1n) is 14.9. The number of esters is 3. The van der Waals surface area contributed by atoms with Gasteiger partial charge in [-0.15, -0.1) is 0 Å². The molecule has 37 heavy (non-hydrogen) atoms. The van der Waals surface area contributed by atoms with Crippen molar-refractivity contribution in [3.63, 3.8) is 0 Å². The molecule has 0 amide bonds. The third kappa shape index (κ3) is 11.3. The lowest BCUT2D eigenvalue weighted by atomic mass is 9.92. The van der Waals surface area contributed by atoms with E-state index < -0.39 is 42.5 Å². The second-order valence-corrected chi connectivity index (χ2v) is 10.3. The fourth-order valence-corrected chi connectivity index (χ4v) is 5.33. The molecule has 0 aromatic rings. The van der Waals surface area contributed by atoms with Gasteiger partial charge in [-0.1, -0.05) is 62.3 Å². The first kappa shape index (κ1) is 35.4. The molecule has 0 saturated heterocycles. The lowest BCUT2D eigenvalue weighted by molar-refractivity contribution is -0.187. The fraction of sp³-hybridized carbons (Fsp3) is 0.900. The molecular formula is C30H56O7. The van der Waals surface area contributed by atoms with Crippen LogP contribution in [0.1, 0.15) is 133 Å². The van der Waals surface area contributed by atoms with Crippen molar-refractivity contribution in [1.29, 1.82) is 0 Å². The molecule has 0 aliphatic carbocycles. The minimum Gasteiger partial charge on any atom is -0.462 e. The Morgan fingerprint density at radius 2 is 0.784 bits per heavy atom. The molecule has 0 aliphatic rings. The molecule has 0 bridgehead atoms. The van der Waals surface area contributed by atoms with E-state index in [1.54, 1.807) is 0 Å². The monoisotopic (exact) mass is 528 g/mol. The van der Waals surface area contributed by atoms with Gasteiger partial charge in [0.05, 0.1) is 12.8 Å². The highest BCUT2D eigenvalue weighted by Gasteiger charge is 2.45. The number of rotatable bonds is 20. The zero-order valence-corrected chi connectivity index (χ0v) is 25.1.